The molecule has 2 aromatic carbocycles. The summed E-state index contributed by atoms with van der Waals surface area (Å²) in [6, 6.07) is 13.9. The number of fused-ring (bicyclic) bond motifs is 1. The van der Waals surface area contributed by atoms with Crippen molar-refractivity contribution in [2.75, 3.05) is 37.8 Å². The molecule has 1 aliphatic heterocycles. The van der Waals surface area contributed by atoms with Gasteiger partial charge in [0, 0.05) is 24.5 Å². The molecule has 1 fully saturated rings. The number of benzene rings is 2. The number of imidazole rings is 1. The number of morpholine rings is 1. The highest BCUT2D eigenvalue weighted by Crippen LogP contribution is 2.24. The molecule has 7 heteroatoms. The van der Waals surface area contributed by atoms with Crippen LogP contribution in [0.3, 0.4) is 0 Å². The van der Waals surface area contributed by atoms with Gasteiger partial charge in [-0.25, -0.2) is 9.78 Å². The van der Waals surface area contributed by atoms with Crippen LogP contribution in [0.4, 0.5) is 5.69 Å². The van der Waals surface area contributed by atoms with Crippen LogP contribution >= 0.6 is 12.4 Å². The smallest absolute Gasteiger partial charge is 0.338 e. The largest absolute Gasteiger partial charge is 0.462 e. The van der Waals surface area contributed by atoms with E-state index < -0.39 is 0 Å². The van der Waals surface area contributed by atoms with E-state index in [1.165, 1.54) is 5.69 Å². The van der Waals surface area contributed by atoms with Crippen molar-refractivity contribution in [2.45, 2.75) is 6.92 Å². The summed E-state index contributed by atoms with van der Waals surface area (Å²) in [5.74, 6) is -0.321. The Kier molecular flexibility index (Phi) is 5.98. The Labute approximate surface area is 164 Å². The molecule has 0 bridgehead atoms. The zero-order chi connectivity index (χ0) is 17.9. The molecule has 0 saturated carbocycles. The van der Waals surface area contributed by atoms with Crippen molar-refractivity contribution in [3.8, 4) is 5.69 Å². The van der Waals surface area contributed by atoms with Crippen molar-refractivity contribution < 1.29 is 14.3 Å². The first-order valence-corrected chi connectivity index (χ1v) is 8.83. The van der Waals surface area contributed by atoms with E-state index in [9.17, 15) is 4.79 Å². The lowest BCUT2D eigenvalue weighted by Gasteiger charge is -2.29. The predicted molar refractivity (Wildman–Crippen MR) is 107 cm³/mol. The third-order valence-corrected chi connectivity index (χ3v) is 4.54. The van der Waals surface area contributed by atoms with Crippen molar-refractivity contribution in [1.29, 1.82) is 0 Å². The maximum atomic E-state index is 11.9. The number of hydrogen-bond donors (Lipinski definition) is 0. The monoisotopic (exact) mass is 387 g/mol. The van der Waals surface area contributed by atoms with Gasteiger partial charge in [0.05, 0.1) is 36.4 Å². The number of nitrogens with zero attached hydrogens (tertiary/aromatic N) is 3. The molecule has 1 aromatic heterocycles. The van der Waals surface area contributed by atoms with E-state index in [0.29, 0.717) is 12.2 Å². The third-order valence-electron chi connectivity index (χ3n) is 4.54. The van der Waals surface area contributed by atoms with Gasteiger partial charge in [0.15, 0.2) is 0 Å². The zero-order valence-corrected chi connectivity index (χ0v) is 15.9. The highest BCUT2D eigenvalue weighted by atomic mass is 35.5. The third kappa shape index (κ3) is 3.91. The second kappa shape index (κ2) is 8.41. The number of aromatic nitrogens is 2. The number of esters is 1. The van der Waals surface area contributed by atoms with E-state index in [2.05, 4.69) is 34.1 Å². The molecule has 27 heavy (non-hydrogen) atoms. The summed E-state index contributed by atoms with van der Waals surface area (Å²) in [5.41, 5.74) is 4.47. The average molecular weight is 388 g/mol. The molecule has 0 spiro atoms. The quantitative estimate of drug-likeness (QED) is 0.642. The summed E-state index contributed by atoms with van der Waals surface area (Å²) in [7, 11) is 0. The van der Waals surface area contributed by atoms with E-state index in [0.717, 1.165) is 43.0 Å². The number of carbonyl (C=O) groups is 1. The number of ether oxygens (including phenoxy) is 2. The maximum Gasteiger partial charge on any atom is 0.338 e. The van der Waals surface area contributed by atoms with Gasteiger partial charge in [0.25, 0.3) is 0 Å². The number of rotatable bonds is 4. The van der Waals surface area contributed by atoms with Crippen molar-refractivity contribution in [3.05, 3.63) is 54.4 Å². The van der Waals surface area contributed by atoms with Crippen LogP contribution in [0.5, 0.6) is 0 Å². The molecule has 0 aliphatic carbocycles. The van der Waals surface area contributed by atoms with Crippen LogP contribution in [0.1, 0.15) is 17.3 Å². The minimum atomic E-state index is -0.321. The van der Waals surface area contributed by atoms with E-state index in [-0.39, 0.29) is 18.4 Å². The predicted octanol–water partition coefficient (Wildman–Crippen LogP) is 3.46. The molecule has 0 unspecified atom stereocenters. The molecule has 6 nitrogen and oxygen atoms in total. The van der Waals surface area contributed by atoms with Crippen LogP contribution in [-0.4, -0.2) is 48.4 Å². The molecule has 142 valence electrons. The Balaban J connectivity index is 0.00000210. The molecule has 3 aromatic rings. The molecule has 2 heterocycles. The van der Waals surface area contributed by atoms with Gasteiger partial charge in [0.2, 0.25) is 0 Å². The van der Waals surface area contributed by atoms with Crippen LogP contribution in [0.25, 0.3) is 16.7 Å². The van der Waals surface area contributed by atoms with Gasteiger partial charge >= 0.3 is 5.97 Å². The topological polar surface area (TPSA) is 56.6 Å². The molecule has 0 atom stereocenters. The van der Waals surface area contributed by atoms with Gasteiger partial charge in [-0.1, -0.05) is 6.07 Å². The van der Waals surface area contributed by atoms with Crippen LogP contribution < -0.4 is 4.90 Å². The van der Waals surface area contributed by atoms with Gasteiger partial charge in [-0.3, -0.25) is 4.57 Å². The van der Waals surface area contributed by atoms with Crippen molar-refractivity contribution in [3.63, 3.8) is 0 Å². The average Bonchev–Trinajstić information content (AvgIpc) is 3.12. The first kappa shape index (κ1) is 19.2. The highest BCUT2D eigenvalue weighted by molar-refractivity contribution is 5.94. The van der Waals surface area contributed by atoms with E-state index in [1.807, 2.05) is 10.6 Å². The fourth-order valence-corrected chi connectivity index (χ4v) is 3.22. The molecular weight excluding hydrogens is 366 g/mol. The standard InChI is InChI=1S/C20H21N3O3.ClH/c1-2-26-20(24)15-6-7-19-18(12-15)21-14-23(19)17-5-3-4-16(13-17)22-8-10-25-11-9-22;/h3-7,12-14H,2,8-11H2,1H3;1H. The van der Waals surface area contributed by atoms with E-state index >= 15 is 0 Å². The molecular formula is C20H22ClN3O3. The first-order chi connectivity index (χ1) is 12.8. The van der Waals surface area contributed by atoms with Crippen LogP contribution in [0.2, 0.25) is 0 Å². The van der Waals surface area contributed by atoms with Crippen molar-refractivity contribution in [1.82, 2.24) is 9.55 Å². The fraction of sp³-hybridized carbons (Fsp3) is 0.300. The number of carbonyl (C=O) groups excluding carboxylic acids is 1. The minimum Gasteiger partial charge on any atom is -0.462 e. The Morgan fingerprint density at radius 1 is 1.15 bits per heavy atom. The summed E-state index contributed by atoms with van der Waals surface area (Å²) in [6.45, 7) is 5.48. The molecule has 0 amide bonds. The maximum absolute atomic E-state index is 11.9. The summed E-state index contributed by atoms with van der Waals surface area (Å²) in [6.07, 6.45) is 1.79. The number of hydrogen-bond acceptors (Lipinski definition) is 5. The molecule has 1 saturated heterocycles. The van der Waals surface area contributed by atoms with Gasteiger partial charge in [-0.05, 0) is 43.3 Å². The lowest BCUT2D eigenvalue weighted by atomic mass is 10.2. The lowest BCUT2D eigenvalue weighted by Crippen LogP contribution is -2.36. The summed E-state index contributed by atoms with van der Waals surface area (Å²) >= 11 is 0. The fourth-order valence-electron chi connectivity index (χ4n) is 3.22. The summed E-state index contributed by atoms with van der Waals surface area (Å²) in [5, 5.41) is 0. The molecule has 4 rings (SSSR count). The minimum absolute atomic E-state index is 0. The van der Waals surface area contributed by atoms with Crippen molar-refractivity contribution >= 4 is 35.1 Å². The lowest BCUT2D eigenvalue weighted by molar-refractivity contribution is 0.0526. The first-order valence-electron chi connectivity index (χ1n) is 8.83. The van der Waals surface area contributed by atoms with Gasteiger partial charge in [-0.15, -0.1) is 12.4 Å². The van der Waals surface area contributed by atoms with Gasteiger partial charge < -0.3 is 14.4 Å². The van der Waals surface area contributed by atoms with E-state index in [4.69, 9.17) is 9.47 Å². The number of halogens is 1. The van der Waals surface area contributed by atoms with Crippen LogP contribution in [0.15, 0.2) is 48.8 Å². The molecule has 1 aliphatic rings. The van der Waals surface area contributed by atoms with Crippen LogP contribution in [0, 0.1) is 0 Å². The van der Waals surface area contributed by atoms with Gasteiger partial charge in [-0.2, -0.15) is 0 Å². The Bertz CT molecular complexity index is 935. The normalized spacial score (nSPS) is 14.0. The van der Waals surface area contributed by atoms with Crippen molar-refractivity contribution in [2.24, 2.45) is 0 Å². The van der Waals surface area contributed by atoms with Crippen LogP contribution in [-0.2, 0) is 9.47 Å². The Hall–Kier alpha value is -2.57. The SMILES string of the molecule is CCOC(=O)c1ccc2c(c1)ncn2-c1cccc(N2CCOCC2)c1.Cl. The number of anilines is 1. The molecule has 0 N–H and O–H groups in total. The second-order valence-corrected chi connectivity index (χ2v) is 6.16. The summed E-state index contributed by atoms with van der Waals surface area (Å²) in [4.78, 5) is 18.7. The molecule has 0 radical (unpaired) electrons. The van der Waals surface area contributed by atoms with Gasteiger partial charge in [0.1, 0.15) is 6.33 Å². The van der Waals surface area contributed by atoms with E-state index in [1.54, 1.807) is 25.4 Å². The Morgan fingerprint density at radius 2 is 1.93 bits per heavy atom. The zero-order valence-electron chi connectivity index (χ0n) is 15.1. The summed E-state index contributed by atoms with van der Waals surface area (Å²) < 4.78 is 12.5. The highest BCUT2D eigenvalue weighted by Gasteiger charge is 2.14. The second-order valence-electron chi connectivity index (χ2n) is 6.16. The Morgan fingerprint density at radius 3 is 2.70 bits per heavy atom.